The van der Waals surface area contributed by atoms with Gasteiger partial charge < -0.3 is 5.32 Å². The topological polar surface area (TPSA) is 29.1 Å². The van der Waals surface area contributed by atoms with Crippen molar-refractivity contribution in [2.45, 2.75) is 26.2 Å². The van der Waals surface area contributed by atoms with Crippen LogP contribution in [0.5, 0.6) is 0 Å². The number of rotatable bonds is 6. The Morgan fingerprint density at radius 2 is 1.77 bits per heavy atom. The molecule has 2 nitrogen and oxygen atoms in total. The van der Waals surface area contributed by atoms with Gasteiger partial charge in [0.15, 0.2) is 0 Å². The molecule has 114 valence electrons. The molecule has 2 aromatic rings. The molecule has 0 aliphatic rings. The standard InChI is InChI=1S/C19H20BrNO/c1-2-3-4-15-7-12-18(13-8-15)21-19(22)14-9-16-5-10-17(20)11-6-16/h5-14H,2-4H2,1H3,(H,21,22)/b14-9+. The molecule has 3 heteroatoms. The van der Waals surface area contributed by atoms with Gasteiger partial charge in [-0.05, 0) is 54.3 Å². The molecule has 0 radical (unpaired) electrons. The molecule has 0 unspecified atom stereocenters. The molecule has 0 heterocycles. The molecular formula is C19H20BrNO. The maximum Gasteiger partial charge on any atom is 0.248 e. The summed E-state index contributed by atoms with van der Waals surface area (Å²) >= 11 is 3.39. The molecule has 1 N–H and O–H groups in total. The first-order chi connectivity index (χ1) is 10.7. The summed E-state index contributed by atoms with van der Waals surface area (Å²) in [6, 6.07) is 15.9. The van der Waals surface area contributed by atoms with Crippen molar-refractivity contribution in [1.29, 1.82) is 0 Å². The number of benzene rings is 2. The fraction of sp³-hybridized carbons (Fsp3) is 0.211. The first-order valence-corrected chi connectivity index (χ1v) is 8.30. The first-order valence-electron chi connectivity index (χ1n) is 7.51. The van der Waals surface area contributed by atoms with Gasteiger partial charge in [0, 0.05) is 16.2 Å². The second kappa shape index (κ2) is 8.54. The van der Waals surface area contributed by atoms with Gasteiger partial charge in [-0.25, -0.2) is 0 Å². The van der Waals surface area contributed by atoms with E-state index in [1.807, 2.05) is 36.4 Å². The van der Waals surface area contributed by atoms with Crippen molar-refractivity contribution in [2.75, 3.05) is 5.32 Å². The van der Waals surface area contributed by atoms with Gasteiger partial charge in [-0.15, -0.1) is 0 Å². The van der Waals surface area contributed by atoms with Gasteiger partial charge >= 0.3 is 0 Å². The molecule has 2 rings (SSSR count). The Balaban J connectivity index is 1.89. The number of carbonyl (C=O) groups is 1. The lowest BCUT2D eigenvalue weighted by Gasteiger charge is -2.04. The van der Waals surface area contributed by atoms with Crippen molar-refractivity contribution in [3.8, 4) is 0 Å². The van der Waals surface area contributed by atoms with E-state index in [0.717, 1.165) is 22.1 Å². The average molecular weight is 358 g/mol. The highest BCUT2D eigenvalue weighted by atomic mass is 79.9. The van der Waals surface area contributed by atoms with Crippen LogP contribution < -0.4 is 5.32 Å². The van der Waals surface area contributed by atoms with E-state index in [-0.39, 0.29) is 5.91 Å². The molecule has 0 spiro atoms. The summed E-state index contributed by atoms with van der Waals surface area (Å²) in [5.41, 5.74) is 3.13. The largest absolute Gasteiger partial charge is 0.323 e. The van der Waals surface area contributed by atoms with Crippen LogP contribution in [0.25, 0.3) is 6.08 Å². The maximum absolute atomic E-state index is 11.9. The van der Waals surface area contributed by atoms with Crippen LogP contribution in [0.3, 0.4) is 0 Å². The molecule has 0 saturated carbocycles. The first kappa shape index (κ1) is 16.5. The Bertz CT molecular complexity index is 629. The van der Waals surface area contributed by atoms with Crippen LogP contribution in [-0.2, 0) is 11.2 Å². The molecule has 22 heavy (non-hydrogen) atoms. The van der Waals surface area contributed by atoms with Crippen molar-refractivity contribution in [3.05, 3.63) is 70.2 Å². The Hall–Kier alpha value is -1.87. The second-order valence-electron chi connectivity index (χ2n) is 5.17. The Morgan fingerprint density at radius 3 is 2.41 bits per heavy atom. The molecule has 0 atom stereocenters. The summed E-state index contributed by atoms with van der Waals surface area (Å²) in [7, 11) is 0. The summed E-state index contributed by atoms with van der Waals surface area (Å²) in [5, 5.41) is 2.87. The van der Waals surface area contributed by atoms with Crippen molar-refractivity contribution < 1.29 is 4.79 Å². The lowest BCUT2D eigenvalue weighted by molar-refractivity contribution is -0.111. The summed E-state index contributed by atoms with van der Waals surface area (Å²) in [6.07, 6.45) is 6.83. The van der Waals surface area contributed by atoms with Gasteiger partial charge in [0.25, 0.3) is 0 Å². The molecule has 0 aliphatic carbocycles. The lowest BCUT2D eigenvalue weighted by atomic mass is 10.1. The number of hydrogen-bond donors (Lipinski definition) is 1. The minimum absolute atomic E-state index is 0.121. The van der Waals surface area contributed by atoms with Crippen LogP contribution >= 0.6 is 15.9 Å². The predicted molar refractivity (Wildman–Crippen MR) is 96.9 cm³/mol. The number of amides is 1. The van der Waals surface area contributed by atoms with Crippen LogP contribution in [0.15, 0.2) is 59.1 Å². The fourth-order valence-corrected chi connectivity index (χ4v) is 2.33. The highest BCUT2D eigenvalue weighted by molar-refractivity contribution is 9.10. The van der Waals surface area contributed by atoms with Crippen LogP contribution in [0.4, 0.5) is 5.69 Å². The minimum atomic E-state index is -0.121. The number of carbonyl (C=O) groups excluding carboxylic acids is 1. The molecular weight excluding hydrogens is 338 g/mol. The van der Waals surface area contributed by atoms with Crippen LogP contribution in [0, 0.1) is 0 Å². The Morgan fingerprint density at radius 1 is 1.09 bits per heavy atom. The summed E-state index contributed by atoms with van der Waals surface area (Å²) in [6.45, 7) is 2.19. The van der Waals surface area contributed by atoms with Gasteiger partial charge in [0.05, 0.1) is 0 Å². The number of unbranched alkanes of at least 4 members (excludes halogenated alkanes) is 1. The third kappa shape index (κ3) is 5.49. The van der Waals surface area contributed by atoms with Gasteiger partial charge in [-0.3, -0.25) is 4.79 Å². The van der Waals surface area contributed by atoms with Crippen molar-refractivity contribution in [3.63, 3.8) is 0 Å². The third-order valence-electron chi connectivity index (χ3n) is 3.34. The zero-order chi connectivity index (χ0) is 15.8. The molecule has 0 bridgehead atoms. The van der Waals surface area contributed by atoms with Crippen LogP contribution in [0.1, 0.15) is 30.9 Å². The molecule has 2 aromatic carbocycles. The number of halogens is 1. The number of aryl methyl sites for hydroxylation is 1. The van der Waals surface area contributed by atoms with E-state index in [2.05, 4.69) is 40.3 Å². The summed E-state index contributed by atoms with van der Waals surface area (Å²) < 4.78 is 1.03. The zero-order valence-corrected chi connectivity index (χ0v) is 14.3. The van der Waals surface area contributed by atoms with E-state index >= 15 is 0 Å². The minimum Gasteiger partial charge on any atom is -0.323 e. The molecule has 0 aromatic heterocycles. The molecule has 0 saturated heterocycles. The van der Waals surface area contributed by atoms with E-state index < -0.39 is 0 Å². The molecule has 1 amide bonds. The molecule has 0 fully saturated rings. The average Bonchev–Trinajstić information content (AvgIpc) is 2.54. The van der Waals surface area contributed by atoms with E-state index in [9.17, 15) is 4.79 Å². The fourth-order valence-electron chi connectivity index (χ4n) is 2.07. The summed E-state index contributed by atoms with van der Waals surface area (Å²) in [4.78, 5) is 11.9. The SMILES string of the molecule is CCCCc1ccc(NC(=O)/C=C/c2ccc(Br)cc2)cc1. The Kier molecular flexibility index (Phi) is 6.41. The van der Waals surface area contributed by atoms with Gasteiger partial charge in [0.2, 0.25) is 5.91 Å². The lowest BCUT2D eigenvalue weighted by Crippen LogP contribution is -2.07. The second-order valence-corrected chi connectivity index (χ2v) is 6.09. The smallest absolute Gasteiger partial charge is 0.248 e. The molecule has 0 aliphatic heterocycles. The Labute approximate surface area is 140 Å². The number of anilines is 1. The number of hydrogen-bond acceptors (Lipinski definition) is 1. The zero-order valence-electron chi connectivity index (χ0n) is 12.7. The normalized spacial score (nSPS) is 10.8. The highest BCUT2D eigenvalue weighted by Crippen LogP contribution is 2.13. The van der Waals surface area contributed by atoms with Crippen LogP contribution in [0.2, 0.25) is 0 Å². The third-order valence-corrected chi connectivity index (χ3v) is 3.87. The van der Waals surface area contributed by atoms with E-state index in [4.69, 9.17) is 0 Å². The summed E-state index contributed by atoms with van der Waals surface area (Å²) in [5.74, 6) is -0.121. The van der Waals surface area contributed by atoms with E-state index in [0.29, 0.717) is 0 Å². The highest BCUT2D eigenvalue weighted by Gasteiger charge is 1.99. The van der Waals surface area contributed by atoms with E-state index in [1.54, 1.807) is 12.2 Å². The van der Waals surface area contributed by atoms with Crippen molar-refractivity contribution >= 4 is 33.6 Å². The number of nitrogens with one attached hydrogen (secondary N) is 1. The predicted octanol–water partition coefficient (Wildman–Crippen LogP) is 5.44. The van der Waals surface area contributed by atoms with Gasteiger partial charge in [-0.2, -0.15) is 0 Å². The van der Waals surface area contributed by atoms with Crippen molar-refractivity contribution in [2.24, 2.45) is 0 Å². The van der Waals surface area contributed by atoms with Crippen LogP contribution in [-0.4, -0.2) is 5.91 Å². The van der Waals surface area contributed by atoms with Gasteiger partial charge in [0.1, 0.15) is 0 Å². The maximum atomic E-state index is 11.9. The van der Waals surface area contributed by atoms with Crippen molar-refractivity contribution in [1.82, 2.24) is 0 Å². The quantitative estimate of drug-likeness (QED) is 0.684. The van der Waals surface area contributed by atoms with Gasteiger partial charge in [-0.1, -0.05) is 53.5 Å². The monoisotopic (exact) mass is 357 g/mol. The van der Waals surface area contributed by atoms with E-state index in [1.165, 1.54) is 18.4 Å².